The summed E-state index contributed by atoms with van der Waals surface area (Å²) in [5.74, 6) is 1.46. The number of amides is 3. The Kier molecular flexibility index (Phi) is 8.54. The second kappa shape index (κ2) is 11.2. The topological polar surface area (TPSA) is 89.1 Å². The van der Waals surface area contributed by atoms with Crippen molar-refractivity contribution >= 4 is 12.1 Å². The Morgan fingerprint density at radius 1 is 1.11 bits per heavy atom. The van der Waals surface area contributed by atoms with Crippen LogP contribution in [0.2, 0.25) is 0 Å². The molecule has 0 aliphatic carbocycles. The summed E-state index contributed by atoms with van der Waals surface area (Å²) in [5.41, 5.74) is 0. The van der Waals surface area contributed by atoms with Crippen molar-refractivity contribution in [1.82, 2.24) is 15.5 Å². The van der Waals surface area contributed by atoms with E-state index >= 15 is 0 Å². The lowest BCUT2D eigenvalue weighted by Crippen LogP contribution is -2.49. The zero-order chi connectivity index (χ0) is 19.5. The summed E-state index contributed by atoms with van der Waals surface area (Å²) in [7, 11) is 0. The quantitative estimate of drug-likeness (QED) is 0.677. The van der Waals surface area contributed by atoms with E-state index in [2.05, 4.69) is 10.6 Å². The zero-order valence-electron chi connectivity index (χ0n) is 16.0. The highest BCUT2D eigenvalue weighted by molar-refractivity contribution is 5.74. The first kappa shape index (κ1) is 20.7. The van der Waals surface area contributed by atoms with Crippen molar-refractivity contribution in [2.24, 2.45) is 0 Å². The van der Waals surface area contributed by atoms with Gasteiger partial charge in [0.2, 0.25) is 0 Å². The molecule has 1 aliphatic heterocycles. The van der Waals surface area contributed by atoms with Crippen LogP contribution in [-0.2, 0) is 4.74 Å². The summed E-state index contributed by atoms with van der Waals surface area (Å²) in [6.45, 7) is 6.62. The lowest BCUT2D eigenvalue weighted by Gasteiger charge is -2.31. The van der Waals surface area contributed by atoms with Gasteiger partial charge in [0.15, 0.2) is 0 Å². The Morgan fingerprint density at radius 3 is 2.48 bits per heavy atom. The largest absolute Gasteiger partial charge is 0.494 e. The highest BCUT2D eigenvalue weighted by atomic mass is 16.6. The molecule has 1 aliphatic rings. The molecule has 1 fully saturated rings. The predicted octanol–water partition coefficient (Wildman–Crippen LogP) is 2.38. The second-order valence-electron chi connectivity index (χ2n) is 6.12. The molecule has 0 saturated carbocycles. The fraction of sp³-hybridized carbons (Fsp3) is 0.579. The van der Waals surface area contributed by atoms with Crippen molar-refractivity contribution in [2.45, 2.75) is 32.7 Å². The molecule has 0 spiro atoms. The number of hydrogen-bond acceptors (Lipinski definition) is 5. The van der Waals surface area contributed by atoms with Gasteiger partial charge in [-0.05, 0) is 38.8 Å². The molecule has 150 valence electrons. The van der Waals surface area contributed by atoms with Gasteiger partial charge in [-0.25, -0.2) is 9.59 Å². The van der Waals surface area contributed by atoms with Gasteiger partial charge in [-0.1, -0.05) is 6.07 Å². The van der Waals surface area contributed by atoms with E-state index in [0.29, 0.717) is 58.0 Å². The minimum absolute atomic E-state index is 0.0551. The third-order valence-corrected chi connectivity index (χ3v) is 4.13. The number of nitrogens with one attached hydrogen (secondary N) is 2. The second-order valence-corrected chi connectivity index (χ2v) is 6.12. The minimum atomic E-state index is -0.286. The van der Waals surface area contributed by atoms with Crippen molar-refractivity contribution in [1.29, 1.82) is 0 Å². The number of benzene rings is 1. The standard InChI is InChI=1S/C19H29N3O5/c1-3-25-16-6-5-7-17(14-16)27-13-10-20-18(23)21-15-8-11-22(12-9-15)19(24)26-4-2/h5-7,14-15H,3-4,8-13H2,1-2H3,(H2,20,21,23). The first-order valence-corrected chi connectivity index (χ1v) is 9.44. The average molecular weight is 379 g/mol. The Balaban J connectivity index is 1.60. The summed E-state index contributed by atoms with van der Waals surface area (Å²) >= 11 is 0. The maximum absolute atomic E-state index is 12.0. The van der Waals surface area contributed by atoms with Crippen molar-refractivity contribution < 1.29 is 23.8 Å². The van der Waals surface area contributed by atoms with Crippen molar-refractivity contribution in [2.75, 3.05) is 39.5 Å². The summed E-state index contributed by atoms with van der Waals surface area (Å²) in [6.07, 6.45) is 1.14. The van der Waals surface area contributed by atoms with E-state index < -0.39 is 0 Å². The number of urea groups is 1. The van der Waals surface area contributed by atoms with Gasteiger partial charge in [0, 0.05) is 25.2 Å². The van der Waals surface area contributed by atoms with Gasteiger partial charge in [-0.2, -0.15) is 0 Å². The molecule has 1 aromatic carbocycles. The SMILES string of the molecule is CCOC(=O)N1CCC(NC(=O)NCCOc2cccc(OCC)c2)CC1. The molecule has 0 atom stereocenters. The van der Waals surface area contributed by atoms with E-state index in [0.717, 1.165) is 5.75 Å². The molecule has 0 radical (unpaired) electrons. The third kappa shape index (κ3) is 7.24. The monoisotopic (exact) mass is 379 g/mol. The van der Waals surface area contributed by atoms with Gasteiger partial charge in [0.25, 0.3) is 0 Å². The summed E-state index contributed by atoms with van der Waals surface area (Å²) in [4.78, 5) is 25.3. The molecule has 27 heavy (non-hydrogen) atoms. The van der Waals surface area contributed by atoms with Gasteiger partial charge in [-0.15, -0.1) is 0 Å². The Morgan fingerprint density at radius 2 is 1.81 bits per heavy atom. The summed E-state index contributed by atoms with van der Waals surface area (Å²) < 4.78 is 16.0. The highest BCUT2D eigenvalue weighted by Crippen LogP contribution is 2.19. The lowest BCUT2D eigenvalue weighted by molar-refractivity contribution is 0.0957. The molecule has 8 heteroatoms. The predicted molar refractivity (Wildman–Crippen MR) is 101 cm³/mol. The van der Waals surface area contributed by atoms with E-state index in [1.165, 1.54) is 0 Å². The molecule has 2 N–H and O–H groups in total. The molecule has 1 aromatic rings. The maximum Gasteiger partial charge on any atom is 0.409 e. The Hall–Kier alpha value is -2.64. The fourth-order valence-corrected chi connectivity index (χ4v) is 2.81. The van der Waals surface area contributed by atoms with E-state index in [1.54, 1.807) is 11.8 Å². The molecule has 1 saturated heterocycles. The van der Waals surface area contributed by atoms with E-state index in [-0.39, 0.29) is 18.2 Å². The van der Waals surface area contributed by atoms with E-state index in [4.69, 9.17) is 14.2 Å². The third-order valence-electron chi connectivity index (χ3n) is 4.13. The van der Waals surface area contributed by atoms with Crippen molar-refractivity contribution in [3.8, 4) is 11.5 Å². The van der Waals surface area contributed by atoms with Gasteiger partial charge < -0.3 is 29.7 Å². The van der Waals surface area contributed by atoms with Crippen LogP contribution in [0.1, 0.15) is 26.7 Å². The Labute approximate surface area is 160 Å². The van der Waals surface area contributed by atoms with Crippen LogP contribution in [0.4, 0.5) is 9.59 Å². The number of piperidine rings is 1. The van der Waals surface area contributed by atoms with Crippen LogP contribution in [0.3, 0.4) is 0 Å². The van der Waals surface area contributed by atoms with Crippen molar-refractivity contribution in [3.05, 3.63) is 24.3 Å². The number of ether oxygens (including phenoxy) is 3. The van der Waals surface area contributed by atoms with E-state index in [1.807, 2.05) is 31.2 Å². The summed E-state index contributed by atoms with van der Waals surface area (Å²) in [6, 6.07) is 7.23. The van der Waals surface area contributed by atoms with Gasteiger partial charge in [-0.3, -0.25) is 0 Å². The number of carbonyl (C=O) groups is 2. The van der Waals surface area contributed by atoms with Gasteiger partial charge >= 0.3 is 12.1 Å². The molecule has 0 aromatic heterocycles. The summed E-state index contributed by atoms with van der Waals surface area (Å²) in [5, 5.41) is 5.71. The fourth-order valence-electron chi connectivity index (χ4n) is 2.81. The van der Waals surface area contributed by atoms with Crippen molar-refractivity contribution in [3.63, 3.8) is 0 Å². The molecular weight excluding hydrogens is 350 g/mol. The van der Waals surface area contributed by atoms with Gasteiger partial charge in [0.05, 0.1) is 19.8 Å². The number of nitrogens with zero attached hydrogens (tertiary/aromatic N) is 1. The number of rotatable bonds is 8. The normalized spacial score (nSPS) is 14.4. The maximum atomic E-state index is 12.0. The van der Waals surface area contributed by atoms with Crippen LogP contribution in [0.15, 0.2) is 24.3 Å². The first-order chi connectivity index (χ1) is 13.1. The molecular formula is C19H29N3O5. The average Bonchev–Trinajstić information content (AvgIpc) is 2.67. The molecule has 0 bridgehead atoms. The minimum Gasteiger partial charge on any atom is -0.494 e. The first-order valence-electron chi connectivity index (χ1n) is 9.44. The van der Waals surface area contributed by atoms with E-state index in [9.17, 15) is 9.59 Å². The van der Waals surface area contributed by atoms with Crippen LogP contribution in [-0.4, -0.2) is 62.5 Å². The number of carbonyl (C=O) groups excluding carboxylic acids is 2. The lowest BCUT2D eigenvalue weighted by atomic mass is 10.1. The molecule has 8 nitrogen and oxygen atoms in total. The van der Waals surface area contributed by atoms with Crippen LogP contribution in [0.5, 0.6) is 11.5 Å². The number of likely N-dealkylation sites (tertiary alicyclic amines) is 1. The Bertz CT molecular complexity index is 603. The number of hydrogen-bond donors (Lipinski definition) is 2. The molecule has 0 unspecified atom stereocenters. The highest BCUT2D eigenvalue weighted by Gasteiger charge is 2.24. The molecule has 2 rings (SSSR count). The van der Waals surface area contributed by atoms with Gasteiger partial charge in [0.1, 0.15) is 18.1 Å². The smallest absolute Gasteiger partial charge is 0.409 e. The van der Waals surface area contributed by atoms with Crippen LogP contribution in [0, 0.1) is 0 Å². The van der Waals surface area contributed by atoms with Crippen LogP contribution in [0.25, 0.3) is 0 Å². The molecule has 3 amide bonds. The zero-order valence-corrected chi connectivity index (χ0v) is 16.0. The van der Waals surface area contributed by atoms with Crippen LogP contribution < -0.4 is 20.1 Å². The van der Waals surface area contributed by atoms with Crippen LogP contribution >= 0.6 is 0 Å². The molecule has 1 heterocycles.